The summed E-state index contributed by atoms with van der Waals surface area (Å²) >= 11 is 0. The van der Waals surface area contributed by atoms with Gasteiger partial charge in [0.15, 0.2) is 5.84 Å². The van der Waals surface area contributed by atoms with Crippen LogP contribution in [0.3, 0.4) is 0 Å². The highest BCUT2D eigenvalue weighted by atomic mass is 19.4. The van der Waals surface area contributed by atoms with Gasteiger partial charge in [0.05, 0.1) is 13.2 Å². The third-order valence-corrected chi connectivity index (χ3v) is 2.97. The van der Waals surface area contributed by atoms with Crippen LogP contribution in [0.5, 0.6) is 0 Å². The predicted molar refractivity (Wildman–Crippen MR) is 54.8 cm³/mol. The zero-order valence-corrected chi connectivity index (χ0v) is 9.50. The molecular formula is C9H16F3N3O2. The quantitative estimate of drug-likeness (QED) is 0.334. The fourth-order valence-electron chi connectivity index (χ4n) is 2.06. The lowest BCUT2D eigenvalue weighted by Crippen LogP contribution is -2.45. The lowest BCUT2D eigenvalue weighted by atomic mass is 9.87. The molecule has 0 radical (unpaired) electrons. The Morgan fingerprint density at radius 3 is 2.71 bits per heavy atom. The van der Waals surface area contributed by atoms with Crippen LogP contribution in [0.25, 0.3) is 0 Å². The van der Waals surface area contributed by atoms with Gasteiger partial charge in [-0.1, -0.05) is 5.16 Å². The van der Waals surface area contributed by atoms with Crippen molar-refractivity contribution in [2.45, 2.75) is 12.6 Å². The monoisotopic (exact) mass is 255 g/mol. The van der Waals surface area contributed by atoms with Gasteiger partial charge in [0.1, 0.15) is 5.41 Å². The highest BCUT2D eigenvalue weighted by Gasteiger charge is 2.57. The van der Waals surface area contributed by atoms with Crippen molar-refractivity contribution >= 4 is 5.84 Å². The first kappa shape index (κ1) is 14.0. The molecule has 3 N–H and O–H groups in total. The molecule has 5 nitrogen and oxygen atoms in total. The van der Waals surface area contributed by atoms with Crippen LogP contribution < -0.4 is 5.73 Å². The third-order valence-electron chi connectivity index (χ3n) is 2.97. The van der Waals surface area contributed by atoms with Gasteiger partial charge in [-0.25, -0.2) is 0 Å². The van der Waals surface area contributed by atoms with E-state index in [1.807, 2.05) is 0 Å². The third kappa shape index (κ3) is 3.01. The molecule has 0 spiro atoms. The Morgan fingerprint density at radius 1 is 1.59 bits per heavy atom. The first-order valence-electron chi connectivity index (χ1n) is 5.09. The summed E-state index contributed by atoms with van der Waals surface area (Å²) in [6.45, 7) is -0.291. The Bertz CT molecular complexity index is 296. The molecule has 1 rings (SSSR count). The highest BCUT2D eigenvalue weighted by molar-refractivity contribution is 5.81. The fourth-order valence-corrected chi connectivity index (χ4v) is 2.06. The molecule has 1 aliphatic heterocycles. The van der Waals surface area contributed by atoms with Gasteiger partial charge in [0.25, 0.3) is 0 Å². The molecule has 0 aliphatic carbocycles. The summed E-state index contributed by atoms with van der Waals surface area (Å²) in [5.41, 5.74) is 3.42. The van der Waals surface area contributed by atoms with E-state index in [1.54, 1.807) is 0 Å². The summed E-state index contributed by atoms with van der Waals surface area (Å²) in [4.78, 5) is 1.50. The maximum atomic E-state index is 13.0. The average Bonchev–Trinajstić information content (AvgIpc) is 2.62. The second kappa shape index (κ2) is 5.09. The van der Waals surface area contributed by atoms with E-state index in [0.29, 0.717) is 0 Å². The number of methoxy groups -OCH3 is 1. The first-order chi connectivity index (χ1) is 7.84. The molecule has 0 unspecified atom stereocenters. The minimum Gasteiger partial charge on any atom is -0.409 e. The van der Waals surface area contributed by atoms with Gasteiger partial charge in [-0.2, -0.15) is 13.2 Å². The van der Waals surface area contributed by atoms with Crippen molar-refractivity contribution in [3.8, 4) is 0 Å². The Kier molecular flexibility index (Phi) is 4.21. The normalized spacial score (nSPS) is 27.6. The number of amidine groups is 1. The van der Waals surface area contributed by atoms with E-state index in [9.17, 15) is 13.2 Å². The number of hydrogen-bond donors (Lipinski definition) is 2. The summed E-state index contributed by atoms with van der Waals surface area (Å²) in [6, 6.07) is 0. The number of hydrogen-bond acceptors (Lipinski definition) is 4. The topological polar surface area (TPSA) is 71.1 Å². The van der Waals surface area contributed by atoms with Crippen LogP contribution in [0.1, 0.15) is 6.42 Å². The van der Waals surface area contributed by atoms with Gasteiger partial charge in [-0.05, 0) is 13.0 Å². The molecule has 0 saturated carbocycles. The van der Waals surface area contributed by atoms with Crippen LogP contribution in [0, 0.1) is 5.41 Å². The van der Waals surface area contributed by atoms with E-state index < -0.39 is 11.6 Å². The van der Waals surface area contributed by atoms with Crippen molar-refractivity contribution in [1.29, 1.82) is 0 Å². The van der Waals surface area contributed by atoms with Crippen molar-refractivity contribution in [3.63, 3.8) is 0 Å². The van der Waals surface area contributed by atoms with Crippen LogP contribution in [0.2, 0.25) is 0 Å². The number of nitrogens with two attached hydrogens (primary N) is 1. The summed E-state index contributed by atoms with van der Waals surface area (Å²) in [6.07, 6.45) is -4.36. The van der Waals surface area contributed by atoms with Crippen molar-refractivity contribution in [2.75, 3.05) is 33.4 Å². The van der Waals surface area contributed by atoms with E-state index in [1.165, 1.54) is 12.0 Å². The van der Waals surface area contributed by atoms with Crippen molar-refractivity contribution in [1.82, 2.24) is 4.90 Å². The van der Waals surface area contributed by atoms with Gasteiger partial charge in [-0.15, -0.1) is 0 Å². The van der Waals surface area contributed by atoms with Crippen molar-refractivity contribution < 1.29 is 23.1 Å². The molecule has 8 heteroatoms. The number of rotatable bonds is 4. The predicted octanol–water partition coefficient (Wildman–Crippen LogP) is 0.634. The lowest BCUT2D eigenvalue weighted by molar-refractivity contribution is -0.232. The van der Waals surface area contributed by atoms with Gasteiger partial charge in [0, 0.05) is 13.7 Å². The number of oxime groups is 1. The first-order valence-corrected chi connectivity index (χ1v) is 5.09. The molecule has 17 heavy (non-hydrogen) atoms. The minimum atomic E-state index is -4.32. The Labute approximate surface area is 97.0 Å². The van der Waals surface area contributed by atoms with Gasteiger partial charge in [-0.3, -0.25) is 4.90 Å². The van der Waals surface area contributed by atoms with Gasteiger partial charge >= 0.3 is 6.18 Å². The summed E-state index contributed by atoms with van der Waals surface area (Å²) < 4.78 is 43.6. The maximum Gasteiger partial charge on any atom is 0.397 e. The van der Waals surface area contributed by atoms with Gasteiger partial charge in [0.2, 0.25) is 0 Å². The van der Waals surface area contributed by atoms with E-state index >= 15 is 0 Å². The molecule has 1 heterocycles. The molecule has 1 aliphatic rings. The van der Waals surface area contributed by atoms with E-state index in [0.717, 1.165) is 0 Å². The smallest absolute Gasteiger partial charge is 0.397 e. The van der Waals surface area contributed by atoms with Crippen LogP contribution in [0.4, 0.5) is 13.2 Å². The molecule has 0 aromatic heterocycles. The standard InChI is InChI=1S/C9H16F3N3O2/c1-17-6-8(9(10,11)12)2-3-15(5-8)4-7(13)14-16/h16H,2-6H2,1H3,(H2,13,14)/t8-/m0/s1. The van der Waals surface area contributed by atoms with Crippen LogP contribution in [-0.2, 0) is 4.74 Å². The zero-order chi connectivity index (χ0) is 13.1. The summed E-state index contributed by atoms with van der Waals surface area (Å²) in [5.74, 6) is -0.0969. The second-order valence-electron chi connectivity index (χ2n) is 4.26. The molecule has 0 bridgehead atoms. The van der Waals surface area contributed by atoms with Crippen LogP contribution in [0.15, 0.2) is 5.16 Å². The number of ether oxygens (including phenoxy) is 1. The largest absolute Gasteiger partial charge is 0.409 e. The van der Waals surface area contributed by atoms with Gasteiger partial charge < -0.3 is 15.7 Å². The van der Waals surface area contributed by atoms with Crippen molar-refractivity contribution in [3.05, 3.63) is 0 Å². The van der Waals surface area contributed by atoms with E-state index in [4.69, 9.17) is 10.9 Å². The molecule has 1 atom stereocenters. The number of nitrogens with zero attached hydrogens (tertiary/aromatic N) is 2. The number of likely N-dealkylation sites (tertiary alicyclic amines) is 1. The van der Waals surface area contributed by atoms with Crippen LogP contribution in [-0.4, -0.2) is 55.5 Å². The molecular weight excluding hydrogens is 239 g/mol. The summed E-state index contributed by atoms with van der Waals surface area (Å²) in [7, 11) is 1.25. The van der Waals surface area contributed by atoms with E-state index in [2.05, 4.69) is 9.89 Å². The average molecular weight is 255 g/mol. The molecule has 0 amide bonds. The van der Waals surface area contributed by atoms with Crippen molar-refractivity contribution in [2.24, 2.45) is 16.3 Å². The number of alkyl halides is 3. The lowest BCUT2D eigenvalue weighted by Gasteiger charge is -2.31. The SMILES string of the molecule is COC[C@]1(C(F)(F)F)CCN(CC(N)=NO)C1. The minimum absolute atomic E-state index is 0.0258. The molecule has 1 fully saturated rings. The molecule has 0 aromatic carbocycles. The Balaban J connectivity index is 2.72. The molecule has 1 saturated heterocycles. The summed E-state index contributed by atoms with van der Waals surface area (Å²) in [5, 5.41) is 11.1. The maximum absolute atomic E-state index is 13.0. The fraction of sp³-hybridized carbons (Fsp3) is 0.889. The Morgan fingerprint density at radius 2 is 2.24 bits per heavy atom. The molecule has 0 aromatic rings. The molecule has 100 valence electrons. The second-order valence-corrected chi connectivity index (χ2v) is 4.26. The number of halogens is 3. The van der Waals surface area contributed by atoms with E-state index in [-0.39, 0.29) is 38.5 Å². The zero-order valence-electron chi connectivity index (χ0n) is 9.50. The Hall–Kier alpha value is -1.02. The van der Waals surface area contributed by atoms with Crippen LogP contribution >= 0.6 is 0 Å². The highest BCUT2D eigenvalue weighted by Crippen LogP contribution is 2.45.